The summed E-state index contributed by atoms with van der Waals surface area (Å²) in [4.78, 5) is 0. The molecule has 0 amide bonds. The van der Waals surface area contributed by atoms with Crippen LogP contribution < -0.4 is 0 Å². The Kier molecular flexibility index (Phi) is 5.41. The van der Waals surface area contributed by atoms with E-state index in [0.29, 0.717) is 0 Å². The monoisotopic (exact) mass is 546 g/mol. The Bertz CT molecular complexity index is 2230. The van der Waals surface area contributed by atoms with E-state index in [1.165, 1.54) is 84.9 Å². The highest BCUT2D eigenvalue weighted by Crippen LogP contribution is 2.41. The van der Waals surface area contributed by atoms with Gasteiger partial charge in [-0.15, -0.1) is 22.7 Å². The Labute approximate surface area is 241 Å². The number of hydrogen-bond acceptors (Lipinski definition) is 2. The minimum absolute atomic E-state index is 1.26. The zero-order chi connectivity index (χ0) is 26.8. The van der Waals surface area contributed by atoms with Crippen LogP contribution in [0.1, 0.15) is 11.1 Å². The predicted molar refractivity (Wildman–Crippen MR) is 178 cm³/mol. The molecule has 190 valence electrons. The van der Waals surface area contributed by atoms with Crippen molar-refractivity contribution in [3.63, 3.8) is 0 Å². The molecular formula is C38H26S2. The molecular weight excluding hydrogens is 521 g/mol. The molecule has 6 aromatic carbocycles. The second-order valence-electron chi connectivity index (χ2n) is 10.7. The molecule has 0 N–H and O–H groups in total. The third-order valence-corrected chi connectivity index (χ3v) is 10.3. The van der Waals surface area contributed by atoms with Gasteiger partial charge in [-0.05, 0) is 89.2 Å². The SMILES string of the molecule is Cc1ccc2sc3cc(-c4cccc(-c5cc(C)c6c(c5)sc5cc(-c7ccccc7)ccc56)c4)ccc3c2c1. The first-order valence-corrected chi connectivity index (χ1v) is 15.3. The molecule has 0 atom stereocenters. The minimum atomic E-state index is 1.26. The Hall–Kier alpha value is -4.24. The second-order valence-corrected chi connectivity index (χ2v) is 12.9. The highest BCUT2D eigenvalue weighted by atomic mass is 32.1. The largest absolute Gasteiger partial charge is 0.135 e. The lowest BCUT2D eigenvalue weighted by molar-refractivity contribution is 1.52. The molecule has 2 aromatic heterocycles. The number of aryl methyl sites for hydroxylation is 2. The fourth-order valence-electron chi connectivity index (χ4n) is 6.04. The Morgan fingerprint density at radius 2 is 1.00 bits per heavy atom. The number of benzene rings is 6. The lowest BCUT2D eigenvalue weighted by atomic mass is 9.96. The maximum atomic E-state index is 2.38. The Morgan fingerprint density at radius 3 is 1.82 bits per heavy atom. The van der Waals surface area contributed by atoms with Crippen LogP contribution in [0.4, 0.5) is 0 Å². The Morgan fingerprint density at radius 1 is 0.375 bits per heavy atom. The molecule has 0 fully saturated rings. The van der Waals surface area contributed by atoms with E-state index in [4.69, 9.17) is 0 Å². The third-order valence-electron chi connectivity index (χ3n) is 8.03. The predicted octanol–water partition coefficient (Wildman–Crippen LogP) is 12.0. The molecule has 0 saturated carbocycles. The van der Waals surface area contributed by atoms with Gasteiger partial charge in [0.2, 0.25) is 0 Å². The molecule has 0 aliphatic heterocycles. The smallest absolute Gasteiger partial charge is 0.0364 e. The summed E-state index contributed by atoms with van der Waals surface area (Å²) < 4.78 is 5.40. The van der Waals surface area contributed by atoms with Crippen molar-refractivity contribution in [2.75, 3.05) is 0 Å². The van der Waals surface area contributed by atoms with Crippen molar-refractivity contribution in [2.45, 2.75) is 13.8 Å². The molecule has 2 heteroatoms. The van der Waals surface area contributed by atoms with Gasteiger partial charge < -0.3 is 0 Å². The summed E-state index contributed by atoms with van der Waals surface area (Å²) in [5, 5.41) is 5.45. The number of thiophene rings is 2. The van der Waals surface area contributed by atoms with E-state index in [9.17, 15) is 0 Å². The molecule has 0 aliphatic rings. The molecule has 0 spiro atoms. The molecule has 0 nitrogen and oxygen atoms in total. The van der Waals surface area contributed by atoms with Crippen LogP contribution in [0.25, 0.3) is 73.7 Å². The van der Waals surface area contributed by atoms with E-state index in [0.717, 1.165) is 0 Å². The number of rotatable bonds is 3. The van der Waals surface area contributed by atoms with Crippen LogP contribution in [0.15, 0.2) is 121 Å². The standard InChI is InChI=1S/C38H26S2/c1-23-11-16-34-33(17-23)31-14-12-29(21-35(31)39-34)26-9-6-10-27(19-26)30-18-24(2)38-32-15-13-28(25-7-4-3-5-8-25)20-36(32)40-37(38)22-30/h3-22H,1-2H3. The van der Waals surface area contributed by atoms with Crippen molar-refractivity contribution in [1.82, 2.24) is 0 Å². The highest BCUT2D eigenvalue weighted by Gasteiger charge is 2.13. The van der Waals surface area contributed by atoms with E-state index < -0.39 is 0 Å². The molecule has 2 heterocycles. The van der Waals surface area contributed by atoms with Gasteiger partial charge in [-0.25, -0.2) is 0 Å². The van der Waals surface area contributed by atoms with Crippen LogP contribution in [0.2, 0.25) is 0 Å². The van der Waals surface area contributed by atoms with Crippen molar-refractivity contribution in [3.05, 3.63) is 132 Å². The second kappa shape index (κ2) is 9.16. The first kappa shape index (κ1) is 23.6. The molecule has 0 saturated heterocycles. The van der Waals surface area contributed by atoms with Gasteiger partial charge >= 0.3 is 0 Å². The van der Waals surface area contributed by atoms with Crippen LogP contribution in [0.5, 0.6) is 0 Å². The van der Waals surface area contributed by atoms with E-state index in [1.807, 2.05) is 22.7 Å². The molecule has 8 aromatic rings. The van der Waals surface area contributed by atoms with Gasteiger partial charge in [-0.3, -0.25) is 0 Å². The quantitative estimate of drug-likeness (QED) is 0.207. The normalized spacial score (nSPS) is 11.8. The third kappa shape index (κ3) is 3.87. The summed E-state index contributed by atoms with van der Waals surface area (Å²) in [5.74, 6) is 0. The fourth-order valence-corrected chi connectivity index (χ4v) is 8.43. The summed E-state index contributed by atoms with van der Waals surface area (Å²) in [5.41, 5.74) is 10.2. The zero-order valence-corrected chi connectivity index (χ0v) is 24.0. The fraction of sp³-hybridized carbons (Fsp3) is 0.0526. The van der Waals surface area contributed by atoms with Gasteiger partial charge in [0.1, 0.15) is 0 Å². The van der Waals surface area contributed by atoms with Gasteiger partial charge in [0.15, 0.2) is 0 Å². The molecule has 0 bridgehead atoms. The van der Waals surface area contributed by atoms with Crippen LogP contribution >= 0.6 is 22.7 Å². The van der Waals surface area contributed by atoms with E-state index >= 15 is 0 Å². The lowest BCUT2D eigenvalue weighted by Gasteiger charge is -2.09. The molecule has 0 radical (unpaired) electrons. The van der Waals surface area contributed by atoms with E-state index in [1.54, 1.807) is 0 Å². The summed E-state index contributed by atoms with van der Waals surface area (Å²) in [6.45, 7) is 4.42. The maximum absolute atomic E-state index is 2.38. The molecule has 0 unspecified atom stereocenters. The average molecular weight is 547 g/mol. The van der Waals surface area contributed by atoms with E-state index in [-0.39, 0.29) is 0 Å². The van der Waals surface area contributed by atoms with Gasteiger partial charge in [-0.2, -0.15) is 0 Å². The summed E-state index contributed by atoms with van der Waals surface area (Å²) >= 11 is 3.79. The Balaban J connectivity index is 1.21. The lowest BCUT2D eigenvalue weighted by Crippen LogP contribution is -1.84. The van der Waals surface area contributed by atoms with Crippen molar-refractivity contribution >= 4 is 63.0 Å². The minimum Gasteiger partial charge on any atom is -0.135 e. The first-order valence-electron chi connectivity index (χ1n) is 13.7. The molecule has 8 rings (SSSR count). The van der Waals surface area contributed by atoms with Gasteiger partial charge in [0.25, 0.3) is 0 Å². The van der Waals surface area contributed by atoms with Crippen molar-refractivity contribution in [3.8, 4) is 33.4 Å². The maximum Gasteiger partial charge on any atom is 0.0364 e. The number of fused-ring (bicyclic) bond motifs is 6. The van der Waals surface area contributed by atoms with Crippen molar-refractivity contribution in [1.29, 1.82) is 0 Å². The highest BCUT2D eigenvalue weighted by molar-refractivity contribution is 7.26. The summed E-state index contributed by atoms with van der Waals surface area (Å²) in [6.07, 6.45) is 0. The van der Waals surface area contributed by atoms with Crippen LogP contribution in [-0.2, 0) is 0 Å². The van der Waals surface area contributed by atoms with Gasteiger partial charge in [-0.1, -0.05) is 90.5 Å². The van der Waals surface area contributed by atoms with Gasteiger partial charge in [0, 0.05) is 40.3 Å². The van der Waals surface area contributed by atoms with Crippen LogP contribution in [0, 0.1) is 13.8 Å². The van der Waals surface area contributed by atoms with Gasteiger partial charge in [0.05, 0.1) is 0 Å². The number of hydrogen-bond donors (Lipinski definition) is 0. The molecule has 0 aliphatic carbocycles. The topological polar surface area (TPSA) is 0 Å². The van der Waals surface area contributed by atoms with E-state index in [2.05, 4.69) is 135 Å². The average Bonchev–Trinajstić information content (AvgIpc) is 3.54. The summed E-state index contributed by atoms with van der Waals surface area (Å²) in [6, 6.07) is 45.0. The summed E-state index contributed by atoms with van der Waals surface area (Å²) in [7, 11) is 0. The van der Waals surface area contributed by atoms with Crippen molar-refractivity contribution in [2.24, 2.45) is 0 Å². The molecule has 40 heavy (non-hydrogen) atoms. The van der Waals surface area contributed by atoms with Crippen LogP contribution in [-0.4, -0.2) is 0 Å². The zero-order valence-electron chi connectivity index (χ0n) is 22.4. The van der Waals surface area contributed by atoms with Crippen molar-refractivity contribution < 1.29 is 0 Å². The van der Waals surface area contributed by atoms with Crippen LogP contribution in [0.3, 0.4) is 0 Å². The first-order chi connectivity index (χ1) is 19.6.